The van der Waals surface area contributed by atoms with E-state index in [0.717, 1.165) is 21.9 Å². The lowest BCUT2D eigenvalue weighted by molar-refractivity contribution is -0.139. The van der Waals surface area contributed by atoms with Crippen molar-refractivity contribution in [1.29, 1.82) is 0 Å². The highest BCUT2D eigenvalue weighted by molar-refractivity contribution is 5.90. The number of carbonyl (C=O) groups excluding carboxylic acids is 2. The second-order valence-electron chi connectivity index (χ2n) is 7.26. The normalized spacial score (nSPS) is 12.9. The van der Waals surface area contributed by atoms with Gasteiger partial charge in [0.25, 0.3) is 0 Å². The third kappa shape index (κ3) is 5.00. The Morgan fingerprint density at radius 2 is 1.55 bits per heavy atom. The summed E-state index contributed by atoms with van der Waals surface area (Å²) in [5, 5.41) is 4.92. The van der Waals surface area contributed by atoms with Crippen LogP contribution in [0.3, 0.4) is 0 Å². The molecule has 150 valence electrons. The van der Waals surface area contributed by atoms with Gasteiger partial charge in [-0.25, -0.2) is 0 Å². The van der Waals surface area contributed by atoms with E-state index in [1.54, 1.807) is 14.1 Å². The molecular weight excluding hydrogens is 362 g/mol. The van der Waals surface area contributed by atoms with E-state index in [1.165, 1.54) is 4.90 Å². The van der Waals surface area contributed by atoms with Crippen LogP contribution in [0.15, 0.2) is 72.8 Å². The van der Waals surface area contributed by atoms with Crippen LogP contribution in [0.25, 0.3) is 10.8 Å². The van der Waals surface area contributed by atoms with Gasteiger partial charge in [-0.05, 0) is 28.3 Å². The topological polar surface area (TPSA) is 75.4 Å². The highest BCUT2D eigenvalue weighted by Crippen LogP contribution is 2.17. The average Bonchev–Trinajstić information content (AvgIpc) is 2.76. The molecular formula is C24H27N3O2. The number of nitrogens with one attached hydrogen (secondary N) is 1. The second-order valence-corrected chi connectivity index (χ2v) is 7.26. The van der Waals surface area contributed by atoms with Gasteiger partial charge in [0.1, 0.15) is 6.04 Å². The molecule has 3 aromatic carbocycles. The Bertz CT molecular complexity index is 988. The van der Waals surface area contributed by atoms with Crippen LogP contribution in [0.1, 0.15) is 11.1 Å². The molecule has 29 heavy (non-hydrogen) atoms. The third-order valence-electron chi connectivity index (χ3n) is 5.22. The van der Waals surface area contributed by atoms with Crippen LogP contribution in [-0.4, -0.2) is 42.9 Å². The molecule has 3 aromatic rings. The molecule has 5 heteroatoms. The number of benzene rings is 3. The highest BCUT2D eigenvalue weighted by Gasteiger charge is 2.29. The number of hydrogen-bond donors (Lipinski definition) is 2. The fourth-order valence-corrected chi connectivity index (χ4v) is 3.53. The van der Waals surface area contributed by atoms with Crippen LogP contribution in [-0.2, 0) is 22.4 Å². The molecule has 0 aromatic heterocycles. The Labute approximate surface area is 171 Å². The summed E-state index contributed by atoms with van der Waals surface area (Å²) in [5.74, 6) is -0.453. The van der Waals surface area contributed by atoms with Gasteiger partial charge in [0, 0.05) is 20.5 Å². The van der Waals surface area contributed by atoms with Crippen molar-refractivity contribution < 1.29 is 9.59 Å². The van der Waals surface area contributed by atoms with Crippen molar-refractivity contribution >= 4 is 22.6 Å². The fourth-order valence-electron chi connectivity index (χ4n) is 3.53. The Hall–Kier alpha value is -3.18. The maximum absolute atomic E-state index is 13.0. The Balaban J connectivity index is 1.73. The number of nitrogens with zero attached hydrogens (tertiary/aromatic N) is 1. The van der Waals surface area contributed by atoms with Crippen molar-refractivity contribution in [3.63, 3.8) is 0 Å². The summed E-state index contributed by atoms with van der Waals surface area (Å²) < 4.78 is 0. The number of likely N-dealkylation sites (N-methyl/N-ethyl adjacent to an activating group) is 2. The van der Waals surface area contributed by atoms with Gasteiger partial charge in [0.15, 0.2) is 0 Å². The number of carbonyl (C=O) groups is 2. The average molecular weight is 389 g/mol. The number of amides is 2. The van der Waals surface area contributed by atoms with Crippen molar-refractivity contribution in [1.82, 2.24) is 10.2 Å². The molecule has 0 bridgehead atoms. The minimum absolute atomic E-state index is 0.206. The number of hydrogen-bond acceptors (Lipinski definition) is 3. The molecule has 2 unspecified atom stereocenters. The molecule has 2 amide bonds. The van der Waals surface area contributed by atoms with Crippen LogP contribution in [0.2, 0.25) is 0 Å². The first-order chi connectivity index (χ1) is 14.0. The van der Waals surface area contributed by atoms with E-state index in [4.69, 9.17) is 5.73 Å². The van der Waals surface area contributed by atoms with E-state index in [-0.39, 0.29) is 11.8 Å². The lowest BCUT2D eigenvalue weighted by Crippen LogP contribution is -2.53. The summed E-state index contributed by atoms with van der Waals surface area (Å²) in [6.07, 6.45) is 0.852. The Morgan fingerprint density at radius 1 is 0.897 bits per heavy atom. The molecule has 0 saturated carbocycles. The van der Waals surface area contributed by atoms with E-state index < -0.39 is 12.1 Å². The largest absolute Gasteiger partial charge is 0.357 e. The molecule has 0 spiro atoms. The van der Waals surface area contributed by atoms with E-state index in [9.17, 15) is 9.59 Å². The predicted octanol–water partition coefficient (Wildman–Crippen LogP) is 2.53. The molecule has 0 aliphatic rings. The summed E-state index contributed by atoms with van der Waals surface area (Å²) in [7, 11) is 3.22. The summed E-state index contributed by atoms with van der Waals surface area (Å²) >= 11 is 0. The lowest BCUT2D eigenvalue weighted by atomic mass is 10.00. The van der Waals surface area contributed by atoms with E-state index in [2.05, 4.69) is 17.4 Å². The number of fused-ring (bicyclic) bond motifs is 1. The van der Waals surface area contributed by atoms with Crippen LogP contribution < -0.4 is 11.1 Å². The minimum atomic E-state index is -0.718. The summed E-state index contributed by atoms with van der Waals surface area (Å²) in [6, 6.07) is 22.5. The van der Waals surface area contributed by atoms with E-state index >= 15 is 0 Å². The molecule has 3 rings (SSSR count). The van der Waals surface area contributed by atoms with Crippen molar-refractivity contribution in [2.24, 2.45) is 5.73 Å². The van der Waals surface area contributed by atoms with Crippen molar-refractivity contribution in [3.8, 4) is 0 Å². The molecule has 0 heterocycles. The fraction of sp³-hybridized carbons (Fsp3) is 0.250. The first-order valence-electron chi connectivity index (χ1n) is 9.75. The van der Waals surface area contributed by atoms with Gasteiger partial charge in [-0.3, -0.25) is 9.59 Å². The summed E-state index contributed by atoms with van der Waals surface area (Å²) in [4.78, 5) is 26.9. The van der Waals surface area contributed by atoms with Crippen LogP contribution >= 0.6 is 0 Å². The van der Waals surface area contributed by atoms with Crippen molar-refractivity contribution in [3.05, 3.63) is 83.9 Å². The Morgan fingerprint density at radius 3 is 2.24 bits per heavy atom. The molecule has 5 nitrogen and oxygen atoms in total. The summed E-state index contributed by atoms with van der Waals surface area (Å²) in [5.41, 5.74) is 8.23. The van der Waals surface area contributed by atoms with Gasteiger partial charge in [-0.2, -0.15) is 0 Å². The van der Waals surface area contributed by atoms with Gasteiger partial charge < -0.3 is 16.0 Å². The van der Waals surface area contributed by atoms with Gasteiger partial charge in [-0.15, -0.1) is 0 Å². The zero-order valence-corrected chi connectivity index (χ0v) is 16.8. The lowest BCUT2D eigenvalue weighted by Gasteiger charge is -2.29. The SMILES string of the molecule is CNC(=O)C(Cc1ccccc1)N(C)C(=O)C(N)Cc1ccc2ccccc2c1. The zero-order chi connectivity index (χ0) is 20.8. The highest BCUT2D eigenvalue weighted by atomic mass is 16.2. The van der Waals surface area contributed by atoms with Gasteiger partial charge in [0.05, 0.1) is 6.04 Å². The predicted molar refractivity (Wildman–Crippen MR) is 116 cm³/mol. The third-order valence-corrected chi connectivity index (χ3v) is 5.22. The molecule has 0 aliphatic heterocycles. The Kier molecular flexibility index (Phi) is 6.62. The second kappa shape index (κ2) is 9.34. The minimum Gasteiger partial charge on any atom is -0.357 e. The molecule has 3 N–H and O–H groups in total. The van der Waals surface area contributed by atoms with E-state index in [1.807, 2.05) is 60.7 Å². The molecule has 0 aliphatic carbocycles. The smallest absolute Gasteiger partial charge is 0.242 e. The molecule has 0 radical (unpaired) electrons. The van der Waals surface area contributed by atoms with Crippen molar-refractivity contribution in [2.75, 3.05) is 14.1 Å². The molecule has 0 fully saturated rings. The van der Waals surface area contributed by atoms with Gasteiger partial charge in [0.2, 0.25) is 11.8 Å². The van der Waals surface area contributed by atoms with Gasteiger partial charge in [-0.1, -0.05) is 72.8 Å². The standard InChI is InChI=1S/C24H27N3O2/c1-26-23(28)22(16-17-8-4-3-5-9-17)27(2)24(29)21(25)15-18-12-13-19-10-6-7-11-20(19)14-18/h3-14,21-22H,15-16,25H2,1-2H3,(H,26,28). The molecule has 2 atom stereocenters. The van der Waals surface area contributed by atoms with Crippen LogP contribution in [0, 0.1) is 0 Å². The number of rotatable bonds is 7. The maximum atomic E-state index is 13.0. The van der Waals surface area contributed by atoms with E-state index in [0.29, 0.717) is 12.8 Å². The van der Waals surface area contributed by atoms with Crippen LogP contribution in [0.5, 0.6) is 0 Å². The first-order valence-corrected chi connectivity index (χ1v) is 9.75. The summed E-state index contributed by atoms with van der Waals surface area (Å²) in [6.45, 7) is 0. The van der Waals surface area contributed by atoms with Crippen LogP contribution in [0.4, 0.5) is 0 Å². The van der Waals surface area contributed by atoms with Crippen molar-refractivity contribution in [2.45, 2.75) is 24.9 Å². The monoisotopic (exact) mass is 389 g/mol. The zero-order valence-electron chi connectivity index (χ0n) is 16.8. The number of nitrogens with two attached hydrogens (primary N) is 1. The maximum Gasteiger partial charge on any atom is 0.242 e. The quantitative estimate of drug-likeness (QED) is 0.652. The first kappa shape index (κ1) is 20.6. The van der Waals surface area contributed by atoms with Gasteiger partial charge >= 0.3 is 0 Å². The molecule has 0 saturated heterocycles.